The Hall–Kier alpha value is -2.96. The molecule has 1 N–H and O–H groups in total. The van der Waals surface area contributed by atoms with Crippen LogP contribution in [-0.2, 0) is 0 Å². The fourth-order valence-corrected chi connectivity index (χ4v) is 3.29. The Bertz CT molecular complexity index is 1110. The van der Waals surface area contributed by atoms with E-state index in [2.05, 4.69) is 10.3 Å². The zero-order chi connectivity index (χ0) is 17.9. The Morgan fingerprint density at radius 3 is 2.62 bits per heavy atom. The van der Waals surface area contributed by atoms with E-state index >= 15 is 0 Å². The van der Waals surface area contributed by atoms with Crippen LogP contribution >= 0.6 is 22.9 Å². The third kappa shape index (κ3) is 3.37. The lowest BCUT2D eigenvalue weighted by Crippen LogP contribution is -2.36. The van der Waals surface area contributed by atoms with Crippen molar-refractivity contribution in [2.45, 2.75) is 0 Å². The fourth-order valence-electron chi connectivity index (χ4n) is 2.46. The van der Waals surface area contributed by atoms with Crippen LogP contribution in [-0.4, -0.2) is 10.3 Å². The number of benzene rings is 2. The highest BCUT2D eigenvalue weighted by Gasteiger charge is 2.27. The molecular formula is C19H13ClN3O2S+. The van der Waals surface area contributed by atoms with Crippen molar-refractivity contribution in [2.75, 3.05) is 0 Å². The van der Waals surface area contributed by atoms with Gasteiger partial charge in [0.15, 0.2) is 5.69 Å². The number of rotatable bonds is 4. The van der Waals surface area contributed by atoms with Crippen molar-refractivity contribution >= 4 is 35.1 Å². The number of hydrogen-bond donors (Lipinski definition) is 1. The van der Waals surface area contributed by atoms with Gasteiger partial charge in [-0.05, 0) is 33.7 Å². The number of halogens is 1. The van der Waals surface area contributed by atoms with Crippen molar-refractivity contribution in [1.29, 1.82) is 0 Å². The van der Waals surface area contributed by atoms with Gasteiger partial charge in [-0.3, -0.25) is 4.52 Å². The summed E-state index contributed by atoms with van der Waals surface area (Å²) in [5.74, 6) is 0. The van der Waals surface area contributed by atoms with Gasteiger partial charge >= 0.3 is 11.3 Å². The van der Waals surface area contributed by atoms with Crippen molar-refractivity contribution in [3.8, 4) is 17.1 Å². The van der Waals surface area contributed by atoms with Gasteiger partial charge in [-0.2, -0.15) is 0 Å². The quantitative estimate of drug-likeness (QED) is 0.538. The molecule has 0 spiro atoms. The van der Waals surface area contributed by atoms with Gasteiger partial charge in [0.2, 0.25) is 5.69 Å². The number of aromatic nitrogens is 3. The van der Waals surface area contributed by atoms with Gasteiger partial charge in [-0.1, -0.05) is 48.0 Å². The molecule has 0 aliphatic carbocycles. The van der Waals surface area contributed by atoms with E-state index in [1.54, 1.807) is 4.68 Å². The maximum Gasteiger partial charge on any atom is 0.437 e. The standard InChI is InChI=1S/C19H12ClN3O2S/c20-14-9-6-13(7-10-14)8-11-17-21-16(12-26-17)18-19(24)25-22-23(18)15-4-2-1-3-5-15/h1-12H/p+1/b11-8+. The fraction of sp³-hybridized carbons (Fsp3) is 0. The van der Waals surface area contributed by atoms with E-state index in [0.717, 1.165) is 16.3 Å². The molecule has 26 heavy (non-hydrogen) atoms. The van der Waals surface area contributed by atoms with E-state index in [0.29, 0.717) is 16.4 Å². The molecule has 0 amide bonds. The number of para-hydroxylation sites is 1. The van der Waals surface area contributed by atoms with Crippen molar-refractivity contribution in [2.24, 2.45) is 0 Å². The highest BCUT2D eigenvalue weighted by molar-refractivity contribution is 7.10. The molecule has 0 saturated carbocycles. The van der Waals surface area contributed by atoms with Gasteiger partial charge < -0.3 is 0 Å². The minimum absolute atomic E-state index is 0.360. The van der Waals surface area contributed by atoms with Crippen LogP contribution in [0.15, 0.2) is 69.3 Å². The Morgan fingerprint density at radius 1 is 1.08 bits per heavy atom. The molecule has 5 nitrogen and oxygen atoms in total. The second-order valence-electron chi connectivity index (χ2n) is 5.46. The van der Waals surface area contributed by atoms with Crippen LogP contribution < -0.4 is 10.3 Å². The SMILES string of the molecule is O=c1o[nH][n+](-c2ccccc2)c1-c1csc(/C=C/c2ccc(Cl)cc2)n1. The van der Waals surface area contributed by atoms with Crippen molar-refractivity contribution in [3.05, 3.63) is 86.0 Å². The smallest absolute Gasteiger partial charge is 0.282 e. The van der Waals surface area contributed by atoms with E-state index in [9.17, 15) is 4.79 Å². The second-order valence-corrected chi connectivity index (χ2v) is 6.78. The molecule has 0 saturated heterocycles. The lowest BCUT2D eigenvalue weighted by Gasteiger charge is -1.92. The summed E-state index contributed by atoms with van der Waals surface area (Å²) < 4.78 is 6.56. The Kier molecular flexibility index (Phi) is 4.51. The first kappa shape index (κ1) is 16.5. The van der Waals surface area contributed by atoms with E-state index < -0.39 is 5.63 Å². The van der Waals surface area contributed by atoms with Gasteiger partial charge in [0, 0.05) is 22.5 Å². The average Bonchev–Trinajstić information content (AvgIpc) is 3.28. The van der Waals surface area contributed by atoms with Gasteiger partial charge in [0.25, 0.3) is 0 Å². The zero-order valence-electron chi connectivity index (χ0n) is 13.4. The zero-order valence-corrected chi connectivity index (χ0v) is 15.0. The van der Waals surface area contributed by atoms with Gasteiger partial charge in [-0.25, -0.2) is 9.78 Å². The minimum Gasteiger partial charge on any atom is -0.282 e. The summed E-state index contributed by atoms with van der Waals surface area (Å²) in [6.45, 7) is 0. The Labute approximate surface area is 157 Å². The normalized spacial score (nSPS) is 11.3. The van der Waals surface area contributed by atoms with Crippen LogP contribution in [0.3, 0.4) is 0 Å². The molecule has 2 aromatic heterocycles. The first-order valence-corrected chi connectivity index (χ1v) is 9.05. The highest BCUT2D eigenvalue weighted by atomic mass is 35.5. The number of hydrogen-bond acceptors (Lipinski definition) is 4. The summed E-state index contributed by atoms with van der Waals surface area (Å²) in [6, 6.07) is 17.0. The molecule has 0 fully saturated rings. The van der Waals surface area contributed by atoms with Crippen molar-refractivity contribution in [1.82, 2.24) is 10.3 Å². The maximum atomic E-state index is 12.1. The number of H-pyrrole nitrogens is 1. The molecule has 0 unspecified atom stereocenters. The second kappa shape index (κ2) is 7.11. The Morgan fingerprint density at radius 2 is 1.85 bits per heavy atom. The highest BCUT2D eigenvalue weighted by Crippen LogP contribution is 2.20. The monoisotopic (exact) mass is 382 g/mol. The molecule has 4 rings (SSSR count). The van der Waals surface area contributed by atoms with Crippen LogP contribution in [0.1, 0.15) is 10.6 Å². The number of aromatic amines is 1. The van der Waals surface area contributed by atoms with Crippen LogP contribution in [0, 0.1) is 0 Å². The Balaban J connectivity index is 1.66. The lowest BCUT2D eigenvalue weighted by molar-refractivity contribution is -0.660. The summed E-state index contributed by atoms with van der Waals surface area (Å²) in [6.07, 6.45) is 3.85. The molecule has 2 aromatic carbocycles. The van der Waals surface area contributed by atoms with Crippen molar-refractivity contribution < 1.29 is 9.20 Å². The molecule has 128 valence electrons. The number of nitrogens with zero attached hydrogens (tertiary/aromatic N) is 2. The molecule has 0 atom stereocenters. The summed E-state index contributed by atoms with van der Waals surface area (Å²) in [5.41, 5.74) is 2.27. The first-order chi connectivity index (χ1) is 12.7. The third-order valence-corrected chi connectivity index (χ3v) is 4.78. The van der Waals surface area contributed by atoms with E-state index in [1.165, 1.54) is 11.3 Å². The van der Waals surface area contributed by atoms with Crippen LogP contribution in [0.4, 0.5) is 0 Å². The molecule has 4 aromatic rings. The summed E-state index contributed by atoms with van der Waals surface area (Å²) in [7, 11) is 0. The number of nitrogens with one attached hydrogen (secondary N) is 1. The predicted octanol–water partition coefficient (Wildman–Crippen LogP) is 4.19. The van der Waals surface area contributed by atoms with E-state index in [-0.39, 0.29) is 0 Å². The third-order valence-electron chi connectivity index (χ3n) is 3.71. The van der Waals surface area contributed by atoms with Gasteiger partial charge in [0.05, 0.1) is 0 Å². The molecule has 0 bridgehead atoms. The molecule has 2 heterocycles. The largest absolute Gasteiger partial charge is 0.437 e. The van der Waals surface area contributed by atoms with Crippen LogP contribution in [0.5, 0.6) is 0 Å². The lowest BCUT2D eigenvalue weighted by atomic mass is 10.2. The maximum absolute atomic E-state index is 12.1. The van der Waals surface area contributed by atoms with E-state index in [1.807, 2.05) is 72.1 Å². The number of thiazole rings is 1. The van der Waals surface area contributed by atoms with E-state index in [4.69, 9.17) is 16.1 Å². The topological polar surface area (TPSA) is 62.8 Å². The molecule has 7 heteroatoms. The van der Waals surface area contributed by atoms with Gasteiger partial charge in [0.1, 0.15) is 5.01 Å². The average molecular weight is 383 g/mol. The first-order valence-electron chi connectivity index (χ1n) is 7.79. The molecule has 0 aliphatic rings. The predicted molar refractivity (Wildman–Crippen MR) is 102 cm³/mol. The molecule has 0 radical (unpaired) electrons. The molecule has 0 aliphatic heterocycles. The molecular weight excluding hydrogens is 370 g/mol. The van der Waals surface area contributed by atoms with Crippen LogP contribution in [0.25, 0.3) is 29.2 Å². The van der Waals surface area contributed by atoms with Crippen molar-refractivity contribution in [3.63, 3.8) is 0 Å². The summed E-state index contributed by atoms with van der Waals surface area (Å²) in [4.78, 5) is 16.7. The van der Waals surface area contributed by atoms with Gasteiger partial charge in [-0.15, -0.1) is 11.3 Å². The summed E-state index contributed by atoms with van der Waals surface area (Å²) >= 11 is 7.34. The minimum atomic E-state index is -0.465. The van der Waals surface area contributed by atoms with Crippen LogP contribution in [0.2, 0.25) is 5.02 Å². The summed E-state index contributed by atoms with van der Waals surface area (Å²) in [5, 5.41) is 5.94.